The number of fused-ring (bicyclic) bond motifs is 2. The van der Waals surface area contributed by atoms with E-state index in [4.69, 9.17) is 11.6 Å². The van der Waals surface area contributed by atoms with Crippen LogP contribution in [0.4, 0.5) is 5.82 Å². The van der Waals surface area contributed by atoms with E-state index in [0.717, 1.165) is 24.6 Å². The van der Waals surface area contributed by atoms with Gasteiger partial charge in [-0.3, -0.25) is 4.79 Å². The van der Waals surface area contributed by atoms with Gasteiger partial charge in [0, 0.05) is 12.6 Å². The van der Waals surface area contributed by atoms with Gasteiger partial charge < -0.3 is 4.90 Å². The van der Waals surface area contributed by atoms with Gasteiger partial charge in [0.25, 0.3) is 0 Å². The molecule has 2 unspecified atom stereocenters. The molecule has 0 radical (unpaired) electrons. The molecule has 2 bridgehead atoms. The molecule has 4 nitrogen and oxygen atoms in total. The van der Waals surface area contributed by atoms with E-state index in [1.165, 1.54) is 19.3 Å². The van der Waals surface area contributed by atoms with E-state index in [1.54, 1.807) is 6.92 Å². The Bertz CT molecular complexity index is 477. The van der Waals surface area contributed by atoms with E-state index >= 15 is 0 Å². The molecule has 1 aromatic rings. The van der Waals surface area contributed by atoms with Crippen LogP contribution in [-0.4, -0.2) is 28.8 Å². The van der Waals surface area contributed by atoms with Crippen molar-refractivity contribution in [2.75, 3.05) is 11.4 Å². The number of hydrogen-bond acceptors (Lipinski definition) is 4. The molecule has 17 heavy (non-hydrogen) atoms. The molecule has 90 valence electrons. The Morgan fingerprint density at radius 2 is 2.24 bits per heavy atom. The maximum atomic E-state index is 11.1. The zero-order valence-corrected chi connectivity index (χ0v) is 10.4. The van der Waals surface area contributed by atoms with Crippen molar-refractivity contribution in [3.8, 4) is 0 Å². The average Bonchev–Trinajstić information content (AvgIpc) is 2.89. The highest BCUT2D eigenvalue weighted by Gasteiger charge is 2.39. The topological polar surface area (TPSA) is 46.1 Å². The zero-order chi connectivity index (χ0) is 12.0. The van der Waals surface area contributed by atoms with Crippen molar-refractivity contribution in [1.82, 2.24) is 9.97 Å². The maximum absolute atomic E-state index is 11.1. The second-order valence-corrected chi connectivity index (χ2v) is 5.26. The summed E-state index contributed by atoms with van der Waals surface area (Å²) in [6, 6.07) is 0.532. The Morgan fingerprint density at radius 1 is 1.41 bits per heavy atom. The van der Waals surface area contributed by atoms with Gasteiger partial charge in [-0.15, -0.1) is 0 Å². The summed E-state index contributed by atoms with van der Waals surface area (Å²) in [6.07, 6.45) is 4.49. The van der Waals surface area contributed by atoms with Crippen LogP contribution in [0.2, 0.25) is 5.15 Å². The molecule has 2 heterocycles. The van der Waals surface area contributed by atoms with E-state index in [-0.39, 0.29) is 5.15 Å². The maximum Gasteiger partial charge on any atom is 0.156 e. The summed E-state index contributed by atoms with van der Waals surface area (Å²) < 4.78 is 0. The molecule has 1 aromatic heterocycles. The summed E-state index contributed by atoms with van der Waals surface area (Å²) in [5.41, 5.74) is 0.435. The Balaban J connectivity index is 2.05. The van der Waals surface area contributed by atoms with Crippen molar-refractivity contribution in [3.63, 3.8) is 0 Å². The lowest BCUT2D eigenvalue weighted by Gasteiger charge is -2.29. The summed E-state index contributed by atoms with van der Waals surface area (Å²) in [4.78, 5) is 21.8. The zero-order valence-electron chi connectivity index (χ0n) is 9.69. The van der Waals surface area contributed by atoms with Crippen molar-refractivity contribution >= 4 is 23.7 Å². The highest BCUT2D eigenvalue weighted by atomic mass is 35.5. The molecule has 0 spiro atoms. The lowest BCUT2D eigenvalue weighted by Crippen LogP contribution is -2.33. The first-order chi connectivity index (χ1) is 8.19. The minimum atomic E-state index is 0.269. The lowest BCUT2D eigenvalue weighted by atomic mass is 10.1. The molecule has 5 heteroatoms. The summed E-state index contributed by atoms with van der Waals surface area (Å²) in [6.45, 7) is 2.80. The summed E-state index contributed by atoms with van der Waals surface area (Å²) >= 11 is 6.01. The Labute approximate surface area is 105 Å². The van der Waals surface area contributed by atoms with Crippen LogP contribution in [0.15, 0.2) is 0 Å². The van der Waals surface area contributed by atoms with E-state index in [9.17, 15) is 4.79 Å². The van der Waals surface area contributed by atoms with Crippen LogP contribution in [0, 0.1) is 12.8 Å². The highest BCUT2D eigenvalue weighted by Crippen LogP contribution is 2.40. The predicted octanol–water partition coefficient (Wildman–Crippen LogP) is 2.24. The minimum absolute atomic E-state index is 0.269. The molecule has 1 aliphatic carbocycles. The SMILES string of the molecule is Cc1nc(Cl)c(C=O)c(N2CC3CCC2C3)n1. The summed E-state index contributed by atoms with van der Waals surface area (Å²) in [7, 11) is 0. The molecule has 0 aromatic carbocycles. The molecule has 1 saturated heterocycles. The first-order valence-electron chi connectivity index (χ1n) is 5.95. The third-order valence-electron chi connectivity index (χ3n) is 3.79. The van der Waals surface area contributed by atoms with Gasteiger partial charge in [-0.2, -0.15) is 0 Å². The number of rotatable bonds is 2. The number of carbonyl (C=O) groups is 1. The average molecular weight is 252 g/mol. The van der Waals surface area contributed by atoms with E-state index in [0.29, 0.717) is 17.4 Å². The third-order valence-corrected chi connectivity index (χ3v) is 4.08. The van der Waals surface area contributed by atoms with Crippen molar-refractivity contribution in [2.24, 2.45) is 5.92 Å². The molecule has 3 rings (SSSR count). The van der Waals surface area contributed by atoms with E-state index < -0.39 is 0 Å². The highest BCUT2D eigenvalue weighted by molar-refractivity contribution is 6.32. The molecule has 2 atom stereocenters. The summed E-state index contributed by atoms with van der Waals surface area (Å²) in [5, 5.41) is 0.269. The second kappa shape index (κ2) is 3.95. The minimum Gasteiger partial charge on any atom is -0.353 e. The van der Waals surface area contributed by atoms with Gasteiger partial charge in [-0.25, -0.2) is 9.97 Å². The molecule has 0 amide bonds. The van der Waals surface area contributed by atoms with Gasteiger partial charge in [-0.1, -0.05) is 11.6 Å². The number of aryl methyl sites for hydroxylation is 1. The molecule has 0 N–H and O–H groups in total. The monoisotopic (exact) mass is 251 g/mol. The number of nitrogens with zero attached hydrogens (tertiary/aromatic N) is 3. The van der Waals surface area contributed by atoms with Gasteiger partial charge in [0.1, 0.15) is 16.8 Å². The van der Waals surface area contributed by atoms with Gasteiger partial charge in [-0.05, 0) is 32.1 Å². The van der Waals surface area contributed by atoms with Crippen LogP contribution < -0.4 is 4.90 Å². The third kappa shape index (κ3) is 1.71. The van der Waals surface area contributed by atoms with Crippen molar-refractivity contribution in [1.29, 1.82) is 0 Å². The lowest BCUT2D eigenvalue weighted by molar-refractivity contribution is 0.112. The van der Waals surface area contributed by atoms with Crippen LogP contribution in [-0.2, 0) is 0 Å². The number of carbonyl (C=O) groups excluding carboxylic acids is 1. The normalized spacial score (nSPS) is 26.6. The number of hydrogen-bond donors (Lipinski definition) is 0. The van der Waals surface area contributed by atoms with E-state index in [2.05, 4.69) is 14.9 Å². The van der Waals surface area contributed by atoms with Crippen LogP contribution in [0.3, 0.4) is 0 Å². The molecule has 1 aliphatic heterocycles. The van der Waals surface area contributed by atoms with Crippen molar-refractivity contribution in [2.45, 2.75) is 32.2 Å². The van der Waals surface area contributed by atoms with Crippen LogP contribution in [0.5, 0.6) is 0 Å². The number of aromatic nitrogens is 2. The summed E-state index contributed by atoms with van der Waals surface area (Å²) in [5.74, 6) is 2.11. The Morgan fingerprint density at radius 3 is 2.82 bits per heavy atom. The second-order valence-electron chi connectivity index (χ2n) is 4.90. The fraction of sp³-hybridized carbons (Fsp3) is 0.583. The van der Waals surface area contributed by atoms with Crippen molar-refractivity contribution < 1.29 is 4.79 Å². The smallest absolute Gasteiger partial charge is 0.156 e. The van der Waals surface area contributed by atoms with Gasteiger partial charge in [0.05, 0.1) is 5.56 Å². The molecular formula is C12H14ClN3O. The number of halogens is 1. The first kappa shape index (κ1) is 11.0. The Kier molecular flexibility index (Phi) is 2.54. The van der Waals surface area contributed by atoms with Crippen LogP contribution >= 0.6 is 11.6 Å². The number of anilines is 1. The van der Waals surface area contributed by atoms with Crippen LogP contribution in [0.25, 0.3) is 0 Å². The van der Waals surface area contributed by atoms with Gasteiger partial charge in [0.2, 0.25) is 0 Å². The fourth-order valence-electron chi connectivity index (χ4n) is 3.04. The fourth-order valence-corrected chi connectivity index (χ4v) is 3.29. The Hall–Kier alpha value is -1.16. The largest absolute Gasteiger partial charge is 0.353 e. The van der Waals surface area contributed by atoms with E-state index in [1.807, 2.05) is 0 Å². The standard InChI is InChI=1S/C12H14ClN3O/c1-7-14-11(13)10(6-17)12(15-7)16-5-8-2-3-9(16)4-8/h6,8-9H,2-5H2,1H3. The van der Waals surface area contributed by atoms with Crippen LogP contribution in [0.1, 0.15) is 35.4 Å². The van der Waals surface area contributed by atoms with Crippen molar-refractivity contribution in [3.05, 3.63) is 16.5 Å². The number of aldehydes is 1. The van der Waals surface area contributed by atoms with Gasteiger partial charge >= 0.3 is 0 Å². The number of piperidine rings is 1. The first-order valence-corrected chi connectivity index (χ1v) is 6.33. The quantitative estimate of drug-likeness (QED) is 0.597. The predicted molar refractivity (Wildman–Crippen MR) is 65.6 cm³/mol. The van der Waals surface area contributed by atoms with Gasteiger partial charge in [0.15, 0.2) is 6.29 Å². The molecule has 2 aliphatic rings. The molecule has 2 fully saturated rings. The molecular weight excluding hydrogens is 238 g/mol. The molecule has 1 saturated carbocycles.